The number of carbonyl (C=O) groups is 1. The fourth-order valence-electron chi connectivity index (χ4n) is 1.53. The van der Waals surface area contributed by atoms with Gasteiger partial charge in [-0.15, -0.1) is 10.2 Å². The second-order valence-corrected chi connectivity index (χ2v) is 6.04. The highest BCUT2D eigenvalue weighted by atomic mass is 32.2. The molecule has 21 heavy (non-hydrogen) atoms. The van der Waals surface area contributed by atoms with Gasteiger partial charge in [0.25, 0.3) is 5.22 Å². The van der Waals surface area contributed by atoms with Gasteiger partial charge in [0, 0.05) is 11.3 Å². The molecule has 0 aliphatic carbocycles. The third-order valence-electron chi connectivity index (χ3n) is 2.36. The summed E-state index contributed by atoms with van der Waals surface area (Å²) < 4.78 is 10.6. The molecule has 1 heterocycles. The number of hydrogen-bond donors (Lipinski definition) is 1. The lowest BCUT2D eigenvalue weighted by Crippen LogP contribution is -2.27. The number of ether oxygens (including phenoxy) is 1. The van der Waals surface area contributed by atoms with Crippen molar-refractivity contribution in [3.05, 3.63) is 24.3 Å². The highest BCUT2D eigenvalue weighted by molar-refractivity contribution is 7.98. The van der Waals surface area contributed by atoms with Crippen molar-refractivity contribution in [2.45, 2.75) is 31.6 Å². The molecule has 1 amide bonds. The number of aromatic nitrogens is 2. The van der Waals surface area contributed by atoms with Crippen LogP contribution in [-0.2, 0) is 4.74 Å². The fourth-order valence-corrected chi connectivity index (χ4v) is 1.81. The molecule has 0 aliphatic heterocycles. The Hall–Kier alpha value is -2.02. The molecule has 1 N–H and O–H groups in total. The Labute approximate surface area is 127 Å². The molecule has 0 aliphatic rings. The Bertz CT molecular complexity index is 617. The molecule has 1 aromatic heterocycles. The zero-order chi connectivity index (χ0) is 15.5. The van der Waals surface area contributed by atoms with Crippen LogP contribution in [0, 0.1) is 0 Å². The summed E-state index contributed by atoms with van der Waals surface area (Å²) in [6.07, 6.45) is 1.38. The molecule has 0 bridgehead atoms. The summed E-state index contributed by atoms with van der Waals surface area (Å²) in [5, 5.41) is 11.0. The third-order valence-corrected chi connectivity index (χ3v) is 2.87. The number of rotatable bonds is 3. The van der Waals surface area contributed by atoms with Crippen molar-refractivity contribution < 1.29 is 13.9 Å². The van der Waals surface area contributed by atoms with E-state index in [-0.39, 0.29) is 0 Å². The maximum Gasteiger partial charge on any atom is 0.412 e. The van der Waals surface area contributed by atoms with E-state index in [0.29, 0.717) is 16.8 Å². The smallest absolute Gasteiger partial charge is 0.412 e. The molecule has 0 spiro atoms. The van der Waals surface area contributed by atoms with Crippen molar-refractivity contribution in [1.82, 2.24) is 10.2 Å². The Balaban J connectivity index is 2.03. The molecule has 6 nitrogen and oxygen atoms in total. The number of amides is 1. The van der Waals surface area contributed by atoms with Gasteiger partial charge in [-0.1, -0.05) is 11.8 Å². The standard InChI is InChI=1S/C14H17N3O3S/c1-14(2,3)20-12(18)15-10-7-5-9(6-8-10)11-16-17-13(19-11)21-4/h5-8H,1-4H3,(H,15,18). The van der Waals surface area contributed by atoms with Gasteiger partial charge >= 0.3 is 6.09 Å². The summed E-state index contributed by atoms with van der Waals surface area (Å²) in [7, 11) is 0. The number of nitrogens with one attached hydrogen (secondary N) is 1. The van der Waals surface area contributed by atoms with Gasteiger partial charge in [0.05, 0.1) is 0 Å². The molecule has 2 rings (SSSR count). The predicted octanol–water partition coefficient (Wildman–Crippen LogP) is 3.81. The second kappa shape index (κ2) is 6.17. The van der Waals surface area contributed by atoms with E-state index in [9.17, 15) is 4.79 Å². The lowest BCUT2D eigenvalue weighted by atomic mass is 10.2. The van der Waals surface area contributed by atoms with Crippen LogP contribution in [0.5, 0.6) is 0 Å². The van der Waals surface area contributed by atoms with Gasteiger partial charge in [-0.25, -0.2) is 4.79 Å². The normalized spacial score (nSPS) is 11.2. The molecule has 0 radical (unpaired) electrons. The lowest BCUT2D eigenvalue weighted by molar-refractivity contribution is 0.0636. The Kier molecular flexibility index (Phi) is 4.52. The van der Waals surface area contributed by atoms with E-state index in [0.717, 1.165) is 5.56 Å². The molecule has 0 fully saturated rings. The van der Waals surface area contributed by atoms with Gasteiger partial charge in [0.1, 0.15) is 5.60 Å². The molecule has 0 unspecified atom stereocenters. The predicted molar refractivity (Wildman–Crippen MR) is 81.4 cm³/mol. The van der Waals surface area contributed by atoms with E-state index >= 15 is 0 Å². The van der Waals surface area contributed by atoms with Gasteiger partial charge in [-0.2, -0.15) is 0 Å². The lowest BCUT2D eigenvalue weighted by Gasteiger charge is -2.19. The highest BCUT2D eigenvalue weighted by Crippen LogP contribution is 2.23. The monoisotopic (exact) mass is 307 g/mol. The number of carbonyl (C=O) groups excluding carboxylic acids is 1. The summed E-state index contributed by atoms with van der Waals surface area (Å²) >= 11 is 1.39. The van der Waals surface area contributed by atoms with E-state index < -0.39 is 11.7 Å². The first-order chi connectivity index (χ1) is 9.87. The van der Waals surface area contributed by atoms with Gasteiger partial charge in [-0.3, -0.25) is 5.32 Å². The minimum absolute atomic E-state index is 0.447. The second-order valence-electron chi connectivity index (χ2n) is 5.28. The summed E-state index contributed by atoms with van der Waals surface area (Å²) in [4.78, 5) is 11.6. The average Bonchev–Trinajstić information content (AvgIpc) is 2.86. The van der Waals surface area contributed by atoms with Crippen LogP contribution in [0.4, 0.5) is 10.5 Å². The first kappa shape index (κ1) is 15.4. The molecule has 0 saturated carbocycles. The van der Waals surface area contributed by atoms with Crippen molar-refractivity contribution in [2.24, 2.45) is 0 Å². The Morgan fingerprint density at radius 1 is 1.24 bits per heavy atom. The minimum atomic E-state index is -0.526. The topological polar surface area (TPSA) is 77.2 Å². The summed E-state index contributed by atoms with van der Waals surface area (Å²) in [6.45, 7) is 5.44. The average molecular weight is 307 g/mol. The van der Waals surface area contributed by atoms with Gasteiger partial charge in [0.2, 0.25) is 5.89 Å². The number of benzene rings is 1. The van der Waals surface area contributed by atoms with E-state index in [1.807, 2.05) is 27.0 Å². The van der Waals surface area contributed by atoms with Crippen LogP contribution in [0.15, 0.2) is 33.9 Å². The number of anilines is 1. The molecule has 1 aromatic carbocycles. The van der Waals surface area contributed by atoms with Crippen molar-refractivity contribution in [2.75, 3.05) is 11.6 Å². The molecule has 0 saturated heterocycles. The van der Waals surface area contributed by atoms with Crippen LogP contribution >= 0.6 is 11.8 Å². The maximum absolute atomic E-state index is 11.6. The molecule has 2 aromatic rings. The summed E-state index contributed by atoms with van der Waals surface area (Å²) in [5.74, 6) is 0.447. The van der Waals surface area contributed by atoms with E-state index in [2.05, 4.69) is 15.5 Å². The van der Waals surface area contributed by atoms with Crippen LogP contribution in [0.25, 0.3) is 11.5 Å². The van der Waals surface area contributed by atoms with Gasteiger partial charge in [-0.05, 0) is 51.3 Å². The van der Waals surface area contributed by atoms with E-state index in [1.54, 1.807) is 24.3 Å². The van der Waals surface area contributed by atoms with Crippen LogP contribution in [0.2, 0.25) is 0 Å². The fraction of sp³-hybridized carbons (Fsp3) is 0.357. The SMILES string of the molecule is CSc1nnc(-c2ccc(NC(=O)OC(C)(C)C)cc2)o1. The van der Waals surface area contributed by atoms with Crippen molar-refractivity contribution in [1.29, 1.82) is 0 Å². The quantitative estimate of drug-likeness (QED) is 0.869. The molecule has 7 heteroatoms. The van der Waals surface area contributed by atoms with E-state index in [1.165, 1.54) is 11.8 Å². The van der Waals surface area contributed by atoms with Crippen LogP contribution in [0.3, 0.4) is 0 Å². The Morgan fingerprint density at radius 2 is 1.90 bits per heavy atom. The number of thioether (sulfide) groups is 1. The zero-order valence-electron chi connectivity index (χ0n) is 12.3. The number of hydrogen-bond acceptors (Lipinski definition) is 6. The van der Waals surface area contributed by atoms with Crippen LogP contribution in [0.1, 0.15) is 20.8 Å². The van der Waals surface area contributed by atoms with Crippen LogP contribution in [-0.4, -0.2) is 28.1 Å². The highest BCUT2D eigenvalue weighted by Gasteiger charge is 2.16. The first-order valence-electron chi connectivity index (χ1n) is 6.35. The zero-order valence-corrected chi connectivity index (χ0v) is 13.2. The largest absolute Gasteiger partial charge is 0.444 e. The van der Waals surface area contributed by atoms with Crippen molar-refractivity contribution in [3.8, 4) is 11.5 Å². The summed E-state index contributed by atoms with van der Waals surface area (Å²) in [5.41, 5.74) is 0.900. The molecular formula is C14H17N3O3S. The third kappa shape index (κ3) is 4.49. The summed E-state index contributed by atoms with van der Waals surface area (Å²) in [6, 6.07) is 7.10. The first-order valence-corrected chi connectivity index (χ1v) is 7.58. The van der Waals surface area contributed by atoms with Crippen LogP contribution < -0.4 is 5.32 Å². The van der Waals surface area contributed by atoms with Gasteiger partial charge in [0.15, 0.2) is 0 Å². The molecular weight excluding hydrogens is 290 g/mol. The maximum atomic E-state index is 11.6. The molecule has 0 atom stereocenters. The van der Waals surface area contributed by atoms with Crippen molar-refractivity contribution >= 4 is 23.5 Å². The van der Waals surface area contributed by atoms with E-state index in [4.69, 9.17) is 9.15 Å². The number of nitrogens with zero attached hydrogens (tertiary/aromatic N) is 2. The van der Waals surface area contributed by atoms with Crippen molar-refractivity contribution in [3.63, 3.8) is 0 Å². The minimum Gasteiger partial charge on any atom is -0.444 e. The van der Waals surface area contributed by atoms with Gasteiger partial charge < -0.3 is 9.15 Å². The Morgan fingerprint density at radius 3 is 2.43 bits per heavy atom. The molecule has 112 valence electrons.